The Morgan fingerprint density at radius 3 is 2.12 bits per heavy atom. The monoisotopic (exact) mass is 504 g/mol. The normalized spacial score (nSPS) is 34.4. The van der Waals surface area contributed by atoms with Crippen molar-refractivity contribution in [2.45, 2.75) is 116 Å². The lowest BCUT2D eigenvalue weighted by molar-refractivity contribution is -0.0363. The fourth-order valence-corrected chi connectivity index (χ4v) is 10.2. The second kappa shape index (κ2) is 8.61. The molecule has 2 fully saturated rings. The van der Waals surface area contributed by atoms with Crippen LogP contribution in [0.15, 0.2) is 18.2 Å². The van der Waals surface area contributed by atoms with Gasteiger partial charge in [-0.25, -0.2) is 0 Å². The largest absolute Gasteiger partial charge is 0.544 e. The average molecular weight is 505 g/mol. The van der Waals surface area contributed by atoms with Crippen LogP contribution in [0, 0.1) is 17.3 Å². The van der Waals surface area contributed by atoms with Crippen molar-refractivity contribution < 1.29 is 13.3 Å². The summed E-state index contributed by atoms with van der Waals surface area (Å²) in [6, 6.07) is 7.02. The number of hydrogen-bond donors (Lipinski definition) is 0. The van der Waals surface area contributed by atoms with E-state index in [0.717, 1.165) is 11.7 Å². The number of rotatable bonds is 6. The molecule has 0 bridgehead atoms. The number of benzene rings is 1. The zero-order chi connectivity index (χ0) is 24.4. The zero-order valence-corrected chi connectivity index (χ0v) is 25.9. The molecule has 1 aromatic rings. The van der Waals surface area contributed by atoms with Crippen LogP contribution >= 0.6 is 0 Å². The average Bonchev–Trinajstić information content (AvgIpc) is 2.89. The summed E-state index contributed by atoms with van der Waals surface area (Å²) in [4.78, 5) is 0. The highest BCUT2D eigenvalue weighted by Gasteiger charge is 2.60. The van der Waals surface area contributed by atoms with Gasteiger partial charge in [-0.15, -0.1) is 0 Å². The van der Waals surface area contributed by atoms with Crippen molar-refractivity contribution in [1.82, 2.24) is 0 Å². The first-order chi connectivity index (χ1) is 15.1. The van der Waals surface area contributed by atoms with Crippen LogP contribution in [0.1, 0.15) is 49.7 Å². The van der Waals surface area contributed by atoms with Crippen LogP contribution in [-0.2, 0) is 15.3 Å². The molecule has 0 N–H and O–H groups in total. The van der Waals surface area contributed by atoms with Crippen molar-refractivity contribution >= 4 is 25.0 Å². The fourth-order valence-electron chi connectivity index (χ4n) is 7.07. The van der Waals surface area contributed by atoms with Gasteiger partial charge in [-0.2, -0.15) is 0 Å². The molecule has 33 heavy (non-hydrogen) atoms. The first-order valence-electron chi connectivity index (χ1n) is 13.2. The molecule has 0 radical (unpaired) electrons. The van der Waals surface area contributed by atoms with Gasteiger partial charge in [0.2, 0.25) is 8.32 Å². The first kappa shape index (κ1) is 25.7. The minimum Gasteiger partial charge on any atom is -0.544 e. The van der Waals surface area contributed by atoms with Crippen molar-refractivity contribution in [1.29, 1.82) is 0 Å². The molecule has 1 aromatic carbocycles. The van der Waals surface area contributed by atoms with Crippen LogP contribution in [0.5, 0.6) is 5.75 Å². The van der Waals surface area contributed by atoms with Gasteiger partial charge in [-0.1, -0.05) is 13.0 Å². The van der Waals surface area contributed by atoms with Crippen molar-refractivity contribution in [3.63, 3.8) is 0 Å². The topological polar surface area (TPSA) is 27.7 Å². The SMILES string of the molecule is CC12CCC3c4ccc(O[Si](C)(C)C)cc4CCC3C1CC(O[Si](C)(C)C)C2O[Si](C)(C)C. The van der Waals surface area contributed by atoms with Crippen molar-refractivity contribution in [2.75, 3.05) is 0 Å². The molecule has 0 heterocycles. The maximum atomic E-state index is 6.96. The molecule has 0 amide bonds. The van der Waals surface area contributed by atoms with Crippen LogP contribution < -0.4 is 4.43 Å². The highest BCUT2D eigenvalue weighted by molar-refractivity contribution is 6.70. The van der Waals surface area contributed by atoms with Gasteiger partial charge in [0.25, 0.3) is 0 Å². The lowest BCUT2D eigenvalue weighted by Crippen LogP contribution is -2.50. The molecular weight excluding hydrogens is 457 g/mol. The van der Waals surface area contributed by atoms with Gasteiger partial charge in [0, 0.05) is 0 Å². The Morgan fingerprint density at radius 2 is 1.52 bits per heavy atom. The lowest BCUT2D eigenvalue weighted by atomic mass is 9.55. The summed E-state index contributed by atoms with van der Waals surface area (Å²) in [7, 11) is -4.89. The Balaban J connectivity index is 1.62. The molecule has 3 aliphatic rings. The van der Waals surface area contributed by atoms with Crippen LogP contribution in [0.4, 0.5) is 0 Å². The Bertz CT molecular complexity index is 867. The first-order valence-corrected chi connectivity index (χ1v) is 23.5. The number of fused-ring (bicyclic) bond motifs is 5. The minimum absolute atomic E-state index is 0.240. The van der Waals surface area contributed by atoms with E-state index in [1.165, 1.54) is 32.1 Å². The van der Waals surface area contributed by atoms with Crippen LogP contribution in [0.25, 0.3) is 0 Å². The van der Waals surface area contributed by atoms with Gasteiger partial charge < -0.3 is 13.3 Å². The molecule has 0 saturated heterocycles. The lowest BCUT2D eigenvalue weighted by Gasteiger charge is -2.51. The van der Waals surface area contributed by atoms with Gasteiger partial charge >= 0.3 is 0 Å². The molecule has 0 spiro atoms. The highest BCUT2D eigenvalue weighted by atomic mass is 28.4. The predicted octanol–water partition coefficient (Wildman–Crippen LogP) is 7.81. The van der Waals surface area contributed by atoms with Gasteiger partial charge in [-0.05, 0) is 137 Å². The molecule has 4 rings (SSSR count). The Labute approximate surface area is 206 Å². The third kappa shape index (κ3) is 5.55. The quantitative estimate of drug-likeness (QED) is 0.370. The maximum Gasteiger partial charge on any atom is 0.242 e. The van der Waals surface area contributed by atoms with Crippen LogP contribution in [0.3, 0.4) is 0 Å². The standard InChI is InChI=1S/C27H48O3Si3/c1-27-16-15-22-21-14-12-20(28-31(2,3)4)17-19(21)11-13-23(22)24(27)18-25(29-32(5,6)7)26(27)30-33(8,9)10/h12,14,17,22-26H,11,13,15-16,18H2,1-10H3. The van der Waals surface area contributed by atoms with Gasteiger partial charge in [0.05, 0.1) is 12.2 Å². The van der Waals surface area contributed by atoms with E-state index < -0.39 is 25.0 Å². The second-order valence-electron chi connectivity index (χ2n) is 14.2. The second-order valence-corrected chi connectivity index (χ2v) is 27.5. The minimum atomic E-state index is -1.67. The molecule has 0 aliphatic heterocycles. The Kier molecular flexibility index (Phi) is 6.70. The molecule has 6 unspecified atom stereocenters. The third-order valence-electron chi connectivity index (χ3n) is 8.02. The smallest absolute Gasteiger partial charge is 0.242 e. The number of aryl methyl sites for hydroxylation is 1. The molecule has 3 nitrogen and oxygen atoms in total. The summed E-state index contributed by atoms with van der Waals surface area (Å²) in [6.45, 7) is 23.4. The molecule has 6 atom stereocenters. The fraction of sp³-hybridized carbons (Fsp3) is 0.778. The van der Waals surface area contributed by atoms with Gasteiger partial charge in [-0.3, -0.25) is 0 Å². The molecule has 186 valence electrons. The van der Waals surface area contributed by atoms with E-state index in [-0.39, 0.29) is 17.6 Å². The summed E-state index contributed by atoms with van der Waals surface area (Å²) in [6.07, 6.45) is 6.74. The Morgan fingerprint density at radius 1 is 0.848 bits per heavy atom. The predicted molar refractivity (Wildman–Crippen MR) is 147 cm³/mol. The third-order valence-corrected chi connectivity index (χ3v) is 10.8. The summed E-state index contributed by atoms with van der Waals surface area (Å²) in [5.74, 6) is 3.22. The van der Waals surface area contributed by atoms with E-state index in [0.29, 0.717) is 11.8 Å². The van der Waals surface area contributed by atoms with E-state index in [1.54, 1.807) is 11.1 Å². The molecule has 3 aliphatic carbocycles. The summed E-state index contributed by atoms with van der Waals surface area (Å²) >= 11 is 0. The summed E-state index contributed by atoms with van der Waals surface area (Å²) < 4.78 is 20.1. The van der Waals surface area contributed by atoms with Crippen LogP contribution in [0.2, 0.25) is 58.9 Å². The summed E-state index contributed by atoms with van der Waals surface area (Å²) in [5, 5.41) is 0. The van der Waals surface area contributed by atoms with E-state index in [2.05, 4.69) is 84.0 Å². The zero-order valence-electron chi connectivity index (χ0n) is 22.9. The van der Waals surface area contributed by atoms with E-state index >= 15 is 0 Å². The van der Waals surface area contributed by atoms with Gasteiger partial charge in [0.15, 0.2) is 16.6 Å². The van der Waals surface area contributed by atoms with E-state index in [1.807, 2.05) is 0 Å². The molecule has 6 heteroatoms. The number of hydrogen-bond acceptors (Lipinski definition) is 3. The molecule has 0 aromatic heterocycles. The molecule has 2 saturated carbocycles. The van der Waals surface area contributed by atoms with Crippen molar-refractivity contribution in [3.8, 4) is 5.75 Å². The summed E-state index contributed by atoms with van der Waals surface area (Å²) in [5.41, 5.74) is 3.39. The van der Waals surface area contributed by atoms with E-state index in [4.69, 9.17) is 13.3 Å². The van der Waals surface area contributed by atoms with Gasteiger partial charge in [0.1, 0.15) is 5.75 Å². The maximum absolute atomic E-state index is 6.96. The van der Waals surface area contributed by atoms with Crippen molar-refractivity contribution in [2.24, 2.45) is 17.3 Å². The van der Waals surface area contributed by atoms with E-state index in [9.17, 15) is 0 Å². The van der Waals surface area contributed by atoms with Crippen molar-refractivity contribution in [3.05, 3.63) is 29.3 Å². The molecular formula is C27H48O3Si3. The van der Waals surface area contributed by atoms with Crippen LogP contribution in [-0.4, -0.2) is 37.2 Å². The highest BCUT2D eigenvalue weighted by Crippen LogP contribution is 2.62. The Hall–Kier alpha value is -0.409.